The Balaban J connectivity index is 2.82. The van der Waals surface area contributed by atoms with Crippen LogP contribution in [0.5, 0.6) is 0 Å². The number of hydrogen-bond acceptors (Lipinski definition) is 0. The van der Waals surface area contributed by atoms with Crippen molar-refractivity contribution in [2.24, 2.45) is 0 Å². The van der Waals surface area contributed by atoms with Crippen molar-refractivity contribution < 1.29 is 0 Å². The van der Waals surface area contributed by atoms with E-state index in [0.29, 0.717) is 0 Å². The van der Waals surface area contributed by atoms with E-state index in [1.807, 2.05) is 6.08 Å². The highest BCUT2D eigenvalue weighted by atomic mass is 79.9. The Morgan fingerprint density at radius 1 is 1.50 bits per heavy atom. The molecular weight excluding hydrogens is 212 g/mol. The van der Waals surface area contributed by atoms with E-state index in [1.165, 1.54) is 11.1 Å². The van der Waals surface area contributed by atoms with Crippen LogP contribution in [0.2, 0.25) is 0 Å². The minimum Gasteiger partial charge on any atom is -0.103 e. The Morgan fingerprint density at radius 3 is 2.92 bits per heavy atom. The molecule has 0 aromatic heterocycles. The van der Waals surface area contributed by atoms with Gasteiger partial charge in [-0.05, 0) is 43.0 Å². The molecular formula is C11H13Br. The van der Waals surface area contributed by atoms with Gasteiger partial charge in [-0.2, -0.15) is 0 Å². The maximum atomic E-state index is 3.72. The molecule has 1 heteroatoms. The Hall–Kier alpha value is -0.560. The maximum absolute atomic E-state index is 3.72. The second-order valence-electron chi connectivity index (χ2n) is 2.90. The molecule has 0 radical (unpaired) electrons. The van der Waals surface area contributed by atoms with Gasteiger partial charge in [0.2, 0.25) is 0 Å². The number of hydrogen-bond donors (Lipinski definition) is 0. The summed E-state index contributed by atoms with van der Waals surface area (Å²) in [6, 6.07) is 6.40. The van der Waals surface area contributed by atoms with E-state index in [9.17, 15) is 0 Å². The van der Waals surface area contributed by atoms with E-state index in [0.717, 1.165) is 17.3 Å². The number of rotatable bonds is 3. The summed E-state index contributed by atoms with van der Waals surface area (Å²) in [5, 5.41) is 0. The van der Waals surface area contributed by atoms with Crippen molar-refractivity contribution in [3.05, 3.63) is 46.5 Å². The molecule has 0 saturated carbocycles. The van der Waals surface area contributed by atoms with E-state index in [4.69, 9.17) is 0 Å². The summed E-state index contributed by atoms with van der Waals surface area (Å²) in [7, 11) is 0. The minimum atomic E-state index is 1.05. The van der Waals surface area contributed by atoms with Crippen LogP contribution >= 0.6 is 15.9 Å². The van der Waals surface area contributed by atoms with Crippen molar-refractivity contribution in [3.8, 4) is 0 Å². The number of allylic oxidation sites excluding steroid dienone is 1. The van der Waals surface area contributed by atoms with Crippen molar-refractivity contribution in [2.75, 3.05) is 0 Å². The van der Waals surface area contributed by atoms with Crippen LogP contribution in [0.15, 0.2) is 35.3 Å². The second-order valence-corrected chi connectivity index (χ2v) is 3.81. The van der Waals surface area contributed by atoms with Crippen LogP contribution in [-0.2, 0) is 6.42 Å². The first-order valence-electron chi connectivity index (χ1n) is 4.10. The van der Waals surface area contributed by atoms with E-state index in [1.54, 1.807) is 0 Å². The Labute approximate surface area is 82.4 Å². The molecule has 0 spiro atoms. The van der Waals surface area contributed by atoms with Gasteiger partial charge in [-0.1, -0.05) is 28.1 Å². The Morgan fingerprint density at radius 2 is 2.25 bits per heavy atom. The van der Waals surface area contributed by atoms with E-state index >= 15 is 0 Å². The lowest BCUT2D eigenvalue weighted by molar-refractivity contribution is 0.988. The molecule has 64 valence electrons. The molecule has 1 aromatic rings. The first-order chi connectivity index (χ1) is 5.74. The molecule has 0 aliphatic carbocycles. The van der Waals surface area contributed by atoms with Crippen molar-refractivity contribution in [1.82, 2.24) is 0 Å². The first-order valence-corrected chi connectivity index (χ1v) is 4.89. The largest absolute Gasteiger partial charge is 0.103 e. The Bertz CT molecular complexity index is 276. The van der Waals surface area contributed by atoms with Crippen molar-refractivity contribution in [3.63, 3.8) is 0 Å². The van der Waals surface area contributed by atoms with Gasteiger partial charge in [0, 0.05) is 4.47 Å². The fourth-order valence-electron chi connectivity index (χ4n) is 1.17. The van der Waals surface area contributed by atoms with Crippen molar-refractivity contribution in [2.45, 2.75) is 19.8 Å². The smallest absolute Gasteiger partial charge is 0.0178 e. The summed E-state index contributed by atoms with van der Waals surface area (Å²) < 4.78 is 1.16. The second kappa shape index (κ2) is 4.46. The molecule has 1 rings (SSSR count). The number of benzene rings is 1. The van der Waals surface area contributed by atoms with Crippen molar-refractivity contribution >= 4 is 15.9 Å². The summed E-state index contributed by atoms with van der Waals surface area (Å²) in [6.07, 6.45) is 4.10. The SMILES string of the molecule is C=CCCc1cc(Br)ccc1C. The predicted molar refractivity (Wildman–Crippen MR) is 57.4 cm³/mol. The monoisotopic (exact) mass is 224 g/mol. The van der Waals surface area contributed by atoms with Gasteiger partial charge in [0.1, 0.15) is 0 Å². The molecule has 0 bridgehead atoms. The molecule has 1 aromatic carbocycles. The fraction of sp³-hybridized carbons (Fsp3) is 0.273. The lowest BCUT2D eigenvalue weighted by atomic mass is 10.0. The third kappa shape index (κ3) is 2.49. The molecule has 0 amide bonds. The third-order valence-electron chi connectivity index (χ3n) is 1.93. The van der Waals surface area contributed by atoms with Gasteiger partial charge >= 0.3 is 0 Å². The van der Waals surface area contributed by atoms with Gasteiger partial charge in [-0.3, -0.25) is 0 Å². The average molecular weight is 225 g/mol. The van der Waals surface area contributed by atoms with Crippen LogP contribution in [0, 0.1) is 6.92 Å². The lowest BCUT2D eigenvalue weighted by Gasteiger charge is -2.03. The first kappa shape index (κ1) is 9.53. The van der Waals surface area contributed by atoms with Gasteiger partial charge in [0.25, 0.3) is 0 Å². The van der Waals surface area contributed by atoms with Crippen molar-refractivity contribution in [1.29, 1.82) is 0 Å². The molecule has 0 unspecified atom stereocenters. The summed E-state index contributed by atoms with van der Waals surface area (Å²) in [5.74, 6) is 0. The highest BCUT2D eigenvalue weighted by Gasteiger charge is 1.97. The summed E-state index contributed by atoms with van der Waals surface area (Å²) >= 11 is 3.46. The fourth-order valence-corrected chi connectivity index (χ4v) is 1.58. The minimum absolute atomic E-state index is 1.05. The number of halogens is 1. The average Bonchev–Trinajstić information content (AvgIpc) is 2.07. The maximum Gasteiger partial charge on any atom is 0.0178 e. The quantitative estimate of drug-likeness (QED) is 0.685. The van der Waals surface area contributed by atoms with Gasteiger partial charge in [-0.15, -0.1) is 6.58 Å². The Kier molecular flexibility index (Phi) is 3.54. The van der Waals surface area contributed by atoms with Gasteiger partial charge in [0.15, 0.2) is 0 Å². The van der Waals surface area contributed by atoms with Crippen LogP contribution in [0.25, 0.3) is 0 Å². The van der Waals surface area contributed by atoms with Gasteiger partial charge in [-0.25, -0.2) is 0 Å². The lowest BCUT2D eigenvalue weighted by Crippen LogP contribution is -1.87. The van der Waals surface area contributed by atoms with Gasteiger partial charge in [0.05, 0.1) is 0 Å². The normalized spacial score (nSPS) is 9.83. The zero-order valence-corrected chi connectivity index (χ0v) is 8.89. The molecule has 0 aliphatic rings. The van der Waals surface area contributed by atoms with Crippen LogP contribution in [-0.4, -0.2) is 0 Å². The van der Waals surface area contributed by atoms with Gasteiger partial charge < -0.3 is 0 Å². The summed E-state index contributed by atoms with van der Waals surface area (Å²) in [5.41, 5.74) is 2.77. The molecule has 0 N–H and O–H groups in total. The van der Waals surface area contributed by atoms with Crippen LogP contribution in [0.1, 0.15) is 17.5 Å². The van der Waals surface area contributed by atoms with E-state index in [-0.39, 0.29) is 0 Å². The molecule has 0 aliphatic heterocycles. The third-order valence-corrected chi connectivity index (χ3v) is 2.42. The summed E-state index contributed by atoms with van der Waals surface area (Å²) in [4.78, 5) is 0. The van der Waals surface area contributed by atoms with Crippen LogP contribution < -0.4 is 0 Å². The van der Waals surface area contributed by atoms with E-state index < -0.39 is 0 Å². The topological polar surface area (TPSA) is 0 Å². The van der Waals surface area contributed by atoms with Crippen LogP contribution in [0.4, 0.5) is 0 Å². The molecule has 0 atom stereocenters. The zero-order chi connectivity index (χ0) is 8.97. The number of aryl methyl sites for hydroxylation is 2. The van der Waals surface area contributed by atoms with E-state index in [2.05, 4.69) is 47.6 Å². The highest BCUT2D eigenvalue weighted by Crippen LogP contribution is 2.17. The molecule has 0 nitrogen and oxygen atoms in total. The molecule has 12 heavy (non-hydrogen) atoms. The summed E-state index contributed by atoms with van der Waals surface area (Å²) in [6.45, 7) is 5.86. The molecule has 0 saturated heterocycles. The molecule has 0 heterocycles. The highest BCUT2D eigenvalue weighted by molar-refractivity contribution is 9.10. The predicted octanol–water partition coefficient (Wildman–Crippen LogP) is 3.88. The zero-order valence-electron chi connectivity index (χ0n) is 7.31. The standard InChI is InChI=1S/C11H13Br/c1-3-4-5-10-8-11(12)7-6-9(10)2/h3,6-8H,1,4-5H2,2H3. The molecule has 0 fully saturated rings. The van der Waals surface area contributed by atoms with Crippen LogP contribution in [0.3, 0.4) is 0 Å².